The quantitative estimate of drug-likeness (QED) is 0.307. The summed E-state index contributed by atoms with van der Waals surface area (Å²) in [5, 5.41) is 11.4. The van der Waals surface area contributed by atoms with Crippen LogP contribution in [0.3, 0.4) is 0 Å². The first kappa shape index (κ1) is 20.6. The number of phenols is 1. The molecule has 0 saturated heterocycles. The molecule has 5 aromatic rings. The van der Waals surface area contributed by atoms with Crippen LogP contribution in [0.2, 0.25) is 0 Å². The minimum Gasteiger partial charge on any atom is -0.507 e. The van der Waals surface area contributed by atoms with Crippen molar-refractivity contribution < 1.29 is 9.84 Å². The standard InChI is InChI=1S/C31H24O2/c1-33-26-19-17-22(18-20-26)27-21-28(32)30(24-13-7-3-8-14-24)31(25-15-9-4-10-16-25)29(27)23-11-5-2-6-12-23/h2-21,32H,1H3. The van der Waals surface area contributed by atoms with Crippen molar-refractivity contribution in [3.05, 3.63) is 121 Å². The molecular weight excluding hydrogens is 404 g/mol. The molecule has 0 aliphatic rings. The van der Waals surface area contributed by atoms with Gasteiger partial charge in [-0.1, -0.05) is 103 Å². The lowest BCUT2D eigenvalue weighted by molar-refractivity contribution is 0.415. The highest BCUT2D eigenvalue weighted by Gasteiger charge is 2.22. The zero-order chi connectivity index (χ0) is 22.6. The third-order valence-corrected chi connectivity index (χ3v) is 5.89. The van der Waals surface area contributed by atoms with Crippen LogP contribution in [-0.2, 0) is 0 Å². The molecule has 0 fully saturated rings. The third-order valence-electron chi connectivity index (χ3n) is 5.89. The second-order valence-corrected chi connectivity index (χ2v) is 7.89. The molecule has 0 aliphatic heterocycles. The average molecular weight is 429 g/mol. The highest BCUT2D eigenvalue weighted by molar-refractivity contribution is 6.03. The van der Waals surface area contributed by atoms with Gasteiger partial charge in [0.15, 0.2) is 0 Å². The minimum atomic E-state index is 0.255. The van der Waals surface area contributed by atoms with Crippen LogP contribution < -0.4 is 4.74 Å². The summed E-state index contributed by atoms with van der Waals surface area (Å²) in [6.45, 7) is 0. The number of phenolic OH excluding ortho intramolecular Hbond substituents is 1. The van der Waals surface area contributed by atoms with E-state index in [-0.39, 0.29) is 5.75 Å². The fourth-order valence-electron chi connectivity index (χ4n) is 4.36. The van der Waals surface area contributed by atoms with Crippen LogP contribution in [0.25, 0.3) is 44.5 Å². The van der Waals surface area contributed by atoms with Crippen molar-refractivity contribution in [3.63, 3.8) is 0 Å². The number of benzene rings is 5. The third kappa shape index (κ3) is 3.99. The maximum atomic E-state index is 11.4. The summed E-state index contributed by atoms with van der Waals surface area (Å²) >= 11 is 0. The Hall–Kier alpha value is -4.30. The zero-order valence-electron chi connectivity index (χ0n) is 18.4. The topological polar surface area (TPSA) is 29.5 Å². The fourth-order valence-corrected chi connectivity index (χ4v) is 4.36. The van der Waals surface area contributed by atoms with E-state index in [1.165, 1.54) is 0 Å². The molecule has 2 heteroatoms. The first-order chi connectivity index (χ1) is 16.3. The van der Waals surface area contributed by atoms with E-state index in [2.05, 4.69) is 36.4 Å². The van der Waals surface area contributed by atoms with Crippen LogP contribution in [0.5, 0.6) is 11.5 Å². The van der Waals surface area contributed by atoms with Crippen LogP contribution in [0, 0.1) is 0 Å². The van der Waals surface area contributed by atoms with Gasteiger partial charge in [-0.05, 0) is 51.6 Å². The molecular formula is C31H24O2. The van der Waals surface area contributed by atoms with Gasteiger partial charge in [-0.2, -0.15) is 0 Å². The van der Waals surface area contributed by atoms with Gasteiger partial charge in [0.2, 0.25) is 0 Å². The van der Waals surface area contributed by atoms with Gasteiger partial charge in [0.1, 0.15) is 11.5 Å². The van der Waals surface area contributed by atoms with E-state index >= 15 is 0 Å². The Kier molecular flexibility index (Phi) is 5.65. The van der Waals surface area contributed by atoms with E-state index in [0.717, 1.165) is 50.3 Å². The highest BCUT2D eigenvalue weighted by atomic mass is 16.5. The molecule has 0 aromatic heterocycles. The van der Waals surface area contributed by atoms with Gasteiger partial charge in [0.25, 0.3) is 0 Å². The summed E-state index contributed by atoms with van der Waals surface area (Å²) in [5.74, 6) is 1.05. The highest BCUT2D eigenvalue weighted by Crippen LogP contribution is 2.49. The number of rotatable bonds is 5. The second-order valence-electron chi connectivity index (χ2n) is 7.89. The predicted octanol–water partition coefficient (Wildman–Crippen LogP) is 8.07. The van der Waals surface area contributed by atoms with E-state index in [1.54, 1.807) is 7.11 Å². The first-order valence-corrected chi connectivity index (χ1v) is 11.0. The molecule has 0 atom stereocenters. The molecule has 2 nitrogen and oxygen atoms in total. The van der Waals surface area contributed by atoms with E-state index in [4.69, 9.17) is 4.74 Å². The molecule has 33 heavy (non-hydrogen) atoms. The van der Waals surface area contributed by atoms with Crippen molar-refractivity contribution in [2.24, 2.45) is 0 Å². The summed E-state index contributed by atoms with van der Waals surface area (Å²) in [5.41, 5.74) is 8.05. The number of hydrogen-bond donors (Lipinski definition) is 1. The Labute approximate surface area is 194 Å². The van der Waals surface area contributed by atoms with Gasteiger partial charge < -0.3 is 9.84 Å². The maximum absolute atomic E-state index is 11.4. The fraction of sp³-hybridized carbons (Fsp3) is 0.0323. The van der Waals surface area contributed by atoms with E-state index in [1.807, 2.05) is 84.9 Å². The van der Waals surface area contributed by atoms with Gasteiger partial charge in [0.05, 0.1) is 7.11 Å². The Morgan fingerprint density at radius 2 is 0.939 bits per heavy atom. The summed E-state index contributed by atoms with van der Waals surface area (Å²) in [6, 6.07) is 40.6. The Morgan fingerprint density at radius 3 is 1.42 bits per heavy atom. The Balaban J connectivity index is 1.91. The molecule has 0 radical (unpaired) electrons. The molecule has 160 valence electrons. The summed E-state index contributed by atoms with van der Waals surface area (Å²) < 4.78 is 5.36. The van der Waals surface area contributed by atoms with Crippen molar-refractivity contribution in [2.75, 3.05) is 7.11 Å². The average Bonchev–Trinajstić information content (AvgIpc) is 2.89. The van der Waals surface area contributed by atoms with E-state index < -0.39 is 0 Å². The molecule has 0 heterocycles. The lowest BCUT2D eigenvalue weighted by Crippen LogP contribution is -1.95. The van der Waals surface area contributed by atoms with E-state index in [9.17, 15) is 5.11 Å². The normalized spacial score (nSPS) is 10.7. The SMILES string of the molecule is COc1ccc(-c2cc(O)c(-c3ccccc3)c(-c3ccccc3)c2-c2ccccc2)cc1. The van der Waals surface area contributed by atoms with Crippen molar-refractivity contribution in [3.8, 4) is 56.0 Å². The van der Waals surface area contributed by atoms with Crippen molar-refractivity contribution in [2.45, 2.75) is 0 Å². The first-order valence-electron chi connectivity index (χ1n) is 11.0. The van der Waals surface area contributed by atoms with Crippen LogP contribution >= 0.6 is 0 Å². The lowest BCUT2D eigenvalue weighted by Gasteiger charge is -2.22. The zero-order valence-corrected chi connectivity index (χ0v) is 18.4. The van der Waals surface area contributed by atoms with Gasteiger partial charge in [-0.15, -0.1) is 0 Å². The second kappa shape index (κ2) is 9.05. The predicted molar refractivity (Wildman–Crippen MR) is 136 cm³/mol. The molecule has 0 bridgehead atoms. The molecule has 0 saturated carbocycles. The number of methoxy groups -OCH3 is 1. The maximum Gasteiger partial charge on any atom is 0.124 e. The molecule has 0 unspecified atom stereocenters. The summed E-state index contributed by atoms with van der Waals surface area (Å²) in [4.78, 5) is 0. The number of ether oxygens (including phenoxy) is 1. The monoisotopic (exact) mass is 428 g/mol. The van der Waals surface area contributed by atoms with E-state index in [0.29, 0.717) is 0 Å². The molecule has 0 amide bonds. The lowest BCUT2D eigenvalue weighted by atomic mass is 9.82. The minimum absolute atomic E-state index is 0.255. The smallest absolute Gasteiger partial charge is 0.124 e. The molecule has 5 aromatic carbocycles. The van der Waals surface area contributed by atoms with Gasteiger partial charge >= 0.3 is 0 Å². The van der Waals surface area contributed by atoms with Crippen LogP contribution in [-0.4, -0.2) is 12.2 Å². The van der Waals surface area contributed by atoms with Crippen molar-refractivity contribution in [1.82, 2.24) is 0 Å². The Morgan fingerprint density at radius 1 is 0.485 bits per heavy atom. The largest absolute Gasteiger partial charge is 0.507 e. The van der Waals surface area contributed by atoms with Gasteiger partial charge in [-0.25, -0.2) is 0 Å². The van der Waals surface area contributed by atoms with Crippen molar-refractivity contribution >= 4 is 0 Å². The van der Waals surface area contributed by atoms with Crippen molar-refractivity contribution in [1.29, 1.82) is 0 Å². The van der Waals surface area contributed by atoms with Gasteiger partial charge in [-0.3, -0.25) is 0 Å². The molecule has 1 N–H and O–H groups in total. The van der Waals surface area contributed by atoms with Crippen LogP contribution in [0.15, 0.2) is 121 Å². The molecule has 0 spiro atoms. The molecule has 0 aliphatic carbocycles. The van der Waals surface area contributed by atoms with Crippen LogP contribution in [0.1, 0.15) is 0 Å². The molecule has 5 rings (SSSR count). The summed E-state index contributed by atoms with van der Waals surface area (Å²) in [7, 11) is 1.67. The number of hydrogen-bond acceptors (Lipinski definition) is 2. The Bertz CT molecular complexity index is 1360. The summed E-state index contributed by atoms with van der Waals surface area (Å²) in [6.07, 6.45) is 0. The van der Waals surface area contributed by atoms with Crippen LogP contribution in [0.4, 0.5) is 0 Å². The number of aromatic hydroxyl groups is 1. The van der Waals surface area contributed by atoms with Gasteiger partial charge in [0, 0.05) is 11.1 Å².